The molecule has 0 heterocycles. The molecule has 28 heavy (non-hydrogen) atoms. The van der Waals surface area contributed by atoms with Gasteiger partial charge in [-0.25, -0.2) is 5.43 Å². The monoisotopic (exact) mass is 446 g/mol. The number of hydrogen-bond acceptors (Lipinski definition) is 4. The van der Waals surface area contributed by atoms with Crippen LogP contribution in [0.1, 0.15) is 49.8 Å². The van der Waals surface area contributed by atoms with Crippen molar-refractivity contribution in [2.45, 2.75) is 40.0 Å². The molecule has 1 N–H and O–H groups in total. The van der Waals surface area contributed by atoms with E-state index in [1.807, 2.05) is 50.2 Å². The van der Waals surface area contributed by atoms with Gasteiger partial charge in [0.2, 0.25) is 0 Å². The minimum atomic E-state index is -0.321. The van der Waals surface area contributed by atoms with Crippen LogP contribution in [0.15, 0.2) is 46.0 Å². The number of halogens is 1. The smallest absolute Gasteiger partial charge is 0.277 e. The number of aryl methyl sites for hydroxylation is 1. The third kappa shape index (κ3) is 6.68. The van der Waals surface area contributed by atoms with Crippen molar-refractivity contribution in [3.63, 3.8) is 0 Å². The standard InChI is InChI=1S/C22H27BrN2O3/c1-5-10-27-20-9-7-18(23)12-17(20)13-24-25-22(26)14-28-21-11-16(4)6-8-19(21)15(2)3/h6-9,11-13,15H,5,10,14H2,1-4H3,(H,25,26)/b24-13-. The molecule has 2 rings (SSSR count). The van der Waals surface area contributed by atoms with E-state index in [9.17, 15) is 4.79 Å². The van der Waals surface area contributed by atoms with Crippen LogP contribution in [0.4, 0.5) is 0 Å². The van der Waals surface area contributed by atoms with Crippen LogP contribution in [0.3, 0.4) is 0 Å². The number of carbonyl (C=O) groups excluding carboxylic acids is 1. The van der Waals surface area contributed by atoms with Gasteiger partial charge in [0, 0.05) is 10.0 Å². The molecular formula is C22H27BrN2O3. The molecule has 0 saturated carbocycles. The first-order valence-corrected chi connectivity index (χ1v) is 10.2. The van der Waals surface area contributed by atoms with E-state index >= 15 is 0 Å². The predicted molar refractivity (Wildman–Crippen MR) is 116 cm³/mol. The van der Waals surface area contributed by atoms with Gasteiger partial charge in [-0.3, -0.25) is 4.79 Å². The van der Waals surface area contributed by atoms with E-state index in [4.69, 9.17) is 9.47 Å². The van der Waals surface area contributed by atoms with E-state index in [2.05, 4.69) is 40.3 Å². The summed E-state index contributed by atoms with van der Waals surface area (Å²) in [7, 11) is 0. The molecule has 0 spiro atoms. The van der Waals surface area contributed by atoms with E-state index in [1.165, 1.54) is 0 Å². The van der Waals surface area contributed by atoms with E-state index < -0.39 is 0 Å². The first kappa shape index (κ1) is 22.0. The number of hydrazone groups is 1. The highest BCUT2D eigenvalue weighted by atomic mass is 79.9. The Morgan fingerprint density at radius 2 is 1.96 bits per heavy atom. The summed E-state index contributed by atoms with van der Waals surface area (Å²) >= 11 is 3.44. The van der Waals surface area contributed by atoms with Crippen LogP contribution >= 0.6 is 15.9 Å². The molecule has 0 bridgehead atoms. The Hall–Kier alpha value is -2.34. The fourth-order valence-electron chi connectivity index (χ4n) is 2.56. The van der Waals surface area contributed by atoms with Gasteiger partial charge in [0.05, 0.1) is 12.8 Å². The Balaban J connectivity index is 1.96. The Labute approximate surface area is 175 Å². The van der Waals surface area contributed by atoms with E-state index in [1.54, 1.807) is 6.21 Å². The lowest BCUT2D eigenvalue weighted by Crippen LogP contribution is -2.25. The van der Waals surface area contributed by atoms with Crippen molar-refractivity contribution in [1.29, 1.82) is 0 Å². The SMILES string of the molecule is CCCOc1ccc(Br)cc1/C=N\NC(=O)COc1cc(C)ccc1C(C)C. The first-order valence-electron chi connectivity index (χ1n) is 9.38. The van der Waals surface area contributed by atoms with Gasteiger partial charge in [-0.15, -0.1) is 0 Å². The molecule has 0 aromatic heterocycles. The lowest BCUT2D eigenvalue weighted by molar-refractivity contribution is -0.123. The van der Waals surface area contributed by atoms with Gasteiger partial charge in [0.1, 0.15) is 11.5 Å². The van der Waals surface area contributed by atoms with Gasteiger partial charge < -0.3 is 9.47 Å². The van der Waals surface area contributed by atoms with Gasteiger partial charge in [0.25, 0.3) is 5.91 Å². The number of carbonyl (C=O) groups is 1. The maximum absolute atomic E-state index is 12.1. The second kappa shape index (κ2) is 10.9. The third-order valence-corrected chi connectivity index (χ3v) is 4.47. The molecular weight excluding hydrogens is 420 g/mol. The number of hydrogen-bond donors (Lipinski definition) is 1. The molecule has 150 valence electrons. The highest BCUT2D eigenvalue weighted by Gasteiger charge is 2.10. The summed E-state index contributed by atoms with van der Waals surface area (Å²) in [5.41, 5.74) is 5.45. The largest absolute Gasteiger partial charge is 0.493 e. The summed E-state index contributed by atoms with van der Waals surface area (Å²) in [4.78, 5) is 12.1. The van der Waals surface area contributed by atoms with Crippen LogP contribution in [-0.4, -0.2) is 25.3 Å². The molecule has 0 atom stereocenters. The van der Waals surface area contributed by atoms with Gasteiger partial charge in [-0.2, -0.15) is 5.10 Å². The zero-order chi connectivity index (χ0) is 20.5. The fourth-order valence-corrected chi connectivity index (χ4v) is 2.94. The Morgan fingerprint density at radius 3 is 2.68 bits per heavy atom. The Morgan fingerprint density at radius 1 is 1.18 bits per heavy atom. The van der Waals surface area contributed by atoms with Crippen molar-refractivity contribution in [2.75, 3.05) is 13.2 Å². The van der Waals surface area contributed by atoms with E-state index in [-0.39, 0.29) is 12.5 Å². The maximum atomic E-state index is 12.1. The molecule has 0 radical (unpaired) electrons. The Kier molecular flexibility index (Phi) is 8.51. The van der Waals surface area contributed by atoms with E-state index in [0.717, 1.165) is 39.1 Å². The van der Waals surface area contributed by atoms with Crippen molar-refractivity contribution < 1.29 is 14.3 Å². The van der Waals surface area contributed by atoms with Crippen molar-refractivity contribution in [3.05, 3.63) is 57.6 Å². The molecule has 0 fully saturated rings. The lowest BCUT2D eigenvalue weighted by Gasteiger charge is -2.14. The van der Waals surface area contributed by atoms with Crippen LogP contribution in [0.25, 0.3) is 0 Å². The molecule has 0 aliphatic heterocycles. The predicted octanol–water partition coefficient (Wildman–Crippen LogP) is 5.20. The van der Waals surface area contributed by atoms with Crippen LogP contribution in [-0.2, 0) is 4.79 Å². The van der Waals surface area contributed by atoms with E-state index in [0.29, 0.717) is 12.5 Å². The van der Waals surface area contributed by atoms with Gasteiger partial charge >= 0.3 is 0 Å². The number of nitrogens with one attached hydrogen (secondary N) is 1. The number of amides is 1. The summed E-state index contributed by atoms with van der Waals surface area (Å²) in [6, 6.07) is 11.7. The molecule has 5 nitrogen and oxygen atoms in total. The second-order valence-electron chi connectivity index (χ2n) is 6.81. The molecule has 6 heteroatoms. The highest BCUT2D eigenvalue weighted by Crippen LogP contribution is 2.27. The molecule has 0 saturated heterocycles. The summed E-state index contributed by atoms with van der Waals surface area (Å²) in [6.07, 6.45) is 2.48. The van der Waals surface area contributed by atoms with Gasteiger partial charge in [0.15, 0.2) is 6.61 Å². The molecule has 0 unspecified atom stereocenters. The van der Waals surface area contributed by atoms with Crippen molar-refractivity contribution in [3.8, 4) is 11.5 Å². The van der Waals surface area contributed by atoms with Crippen molar-refractivity contribution in [2.24, 2.45) is 5.10 Å². The van der Waals surface area contributed by atoms with Crippen molar-refractivity contribution >= 4 is 28.1 Å². The summed E-state index contributed by atoms with van der Waals surface area (Å²) < 4.78 is 12.3. The van der Waals surface area contributed by atoms with Gasteiger partial charge in [-0.05, 0) is 54.7 Å². The van der Waals surface area contributed by atoms with Crippen LogP contribution < -0.4 is 14.9 Å². The molecule has 1 amide bonds. The summed E-state index contributed by atoms with van der Waals surface area (Å²) in [5, 5.41) is 4.03. The second-order valence-corrected chi connectivity index (χ2v) is 7.72. The van der Waals surface area contributed by atoms with Crippen LogP contribution in [0.5, 0.6) is 11.5 Å². The normalized spacial score (nSPS) is 11.1. The average molecular weight is 447 g/mol. The number of rotatable bonds is 9. The van der Waals surface area contributed by atoms with Crippen LogP contribution in [0, 0.1) is 6.92 Å². The minimum Gasteiger partial charge on any atom is -0.493 e. The molecule has 2 aromatic carbocycles. The quantitative estimate of drug-likeness (QED) is 0.425. The average Bonchev–Trinajstić information content (AvgIpc) is 2.65. The maximum Gasteiger partial charge on any atom is 0.277 e. The van der Waals surface area contributed by atoms with Crippen molar-refractivity contribution in [1.82, 2.24) is 5.43 Å². The van der Waals surface area contributed by atoms with Crippen LogP contribution in [0.2, 0.25) is 0 Å². The molecule has 0 aliphatic rings. The minimum absolute atomic E-state index is 0.0990. The summed E-state index contributed by atoms with van der Waals surface area (Å²) in [5.74, 6) is 1.45. The topological polar surface area (TPSA) is 59.9 Å². The highest BCUT2D eigenvalue weighted by molar-refractivity contribution is 9.10. The first-order chi connectivity index (χ1) is 13.4. The fraction of sp³-hybridized carbons (Fsp3) is 0.364. The summed E-state index contributed by atoms with van der Waals surface area (Å²) in [6.45, 7) is 8.76. The zero-order valence-electron chi connectivity index (χ0n) is 16.8. The molecule has 2 aromatic rings. The lowest BCUT2D eigenvalue weighted by atomic mass is 10.0. The zero-order valence-corrected chi connectivity index (χ0v) is 18.4. The van der Waals surface area contributed by atoms with Gasteiger partial charge in [-0.1, -0.05) is 48.8 Å². The Bertz CT molecular complexity index is 835. The third-order valence-electron chi connectivity index (χ3n) is 3.98. The number of ether oxygens (including phenoxy) is 2. The molecule has 0 aliphatic carbocycles. The number of benzene rings is 2. The number of nitrogens with zero attached hydrogens (tertiary/aromatic N) is 1.